The smallest absolute Gasteiger partial charge is 0.243 e. The van der Waals surface area contributed by atoms with Crippen molar-refractivity contribution in [2.45, 2.75) is 39.3 Å². The number of nitrogens with one attached hydrogen (secondary N) is 1. The van der Waals surface area contributed by atoms with Gasteiger partial charge in [-0.1, -0.05) is 6.07 Å². The molecule has 21 heavy (non-hydrogen) atoms. The molecule has 0 aromatic carbocycles. The highest BCUT2D eigenvalue weighted by Crippen LogP contribution is 2.18. The molecule has 2 rings (SSSR count). The molecule has 6 nitrogen and oxygen atoms in total. The Kier molecular flexibility index (Phi) is 5.14. The molecule has 1 fully saturated rings. The van der Waals surface area contributed by atoms with Gasteiger partial charge in [0.1, 0.15) is 6.04 Å². The van der Waals surface area contributed by atoms with E-state index in [-0.39, 0.29) is 17.9 Å². The minimum absolute atomic E-state index is 0.0518. The van der Waals surface area contributed by atoms with Crippen LogP contribution in [0.3, 0.4) is 0 Å². The number of amides is 2. The number of carbonyl (C=O) groups excluding carboxylic acids is 2. The molecule has 0 unspecified atom stereocenters. The van der Waals surface area contributed by atoms with Gasteiger partial charge in [0.15, 0.2) is 0 Å². The second-order valence-electron chi connectivity index (χ2n) is 4.99. The Balaban J connectivity index is 1.96. The third-order valence-corrected chi connectivity index (χ3v) is 3.54. The third kappa shape index (κ3) is 3.71. The Bertz CT molecular complexity index is 519. The van der Waals surface area contributed by atoms with Gasteiger partial charge in [-0.25, -0.2) is 4.98 Å². The minimum atomic E-state index is -0.352. The summed E-state index contributed by atoms with van der Waals surface area (Å²) in [4.78, 5) is 29.5. The third-order valence-electron chi connectivity index (χ3n) is 3.54. The number of likely N-dealkylation sites (tertiary alicyclic amines) is 1. The zero-order valence-electron chi connectivity index (χ0n) is 12.5. The molecule has 114 valence electrons. The van der Waals surface area contributed by atoms with Gasteiger partial charge in [0.2, 0.25) is 17.7 Å². The van der Waals surface area contributed by atoms with Crippen LogP contribution in [0.1, 0.15) is 32.3 Å². The van der Waals surface area contributed by atoms with Gasteiger partial charge in [-0.3, -0.25) is 9.59 Å². The van der Waals surface area contributed by atoms with Gasteiger partial charge in [0.05, 0.1) is 6.61 Å². The summed E-state index contributed by atoms with van der Waals surface area (Å²) in [5.74, 6) is 0.369. The van der Waals surface area contributed by atoms with Gasteiger partial charge in [0.25, 0.3) is 0 Å². The number of carbonyl (C=O) groups is 2. The fraction of sp³-hybridized carbons (Fsp3) is 0.533. The number of pyridine rings is 1. The van der Waals surface area contributed by atoms with Gasteiger partial charge in [0, 0.05) is 31.8 Å². The standard InChI is InChI=1S/C15H21N3O3/c1-3-21-15-12(6-4-8-16-15)10-17-14(20)13-7-5-9-18(13)11(2)19/h4,6,8,13H,3,5,7,9-10H2,1-2H3,(H,17,20)/t13-/m1/s1. The Morgan fingerprint density at radius 1 is 1.52 bits per heavy atom. The number of nitrogens with zero attached hydrogens (tertiary/aromatic N) is 2. The maximum atomic E-state index is 12.2. The lowest BCUT2D eigenvalue weighted by Gasteiger charge is -2.22. The van der Waals surface area contributed by atoms with Crippen LogP contribution in [0, 0.1) is 0 Å². The first-order valence-electron chi connectivity index (χ1n) is 7.25. The van der Waals surface area contributed by atoms with E-state index >= 15 is 0 Å². The molecule has 2 heterocycles. The zero-order valence-corrected chi connectivity index (χ0v) is 12.5. The second-order valence-corrected chi connectivity index (χ2v) is 4.99. The van der Waals surface area contributed by atoms with Gasteiger partial charge in [-0.15, -0.1) is 0 Å². The van der Waals surface area contributed by atoms with Crippen LogP contribution < -0.4 is 10.1 Å². The molecule has 0 spiro atoms. The van der Waals surface area contributed by atoms with Crippen LogP contribution >= 0.6 is 0 Å². The van der Waals surface area contributed by atoms with E-state index in [1.807, 2.05) is 13.0 Å². The summed E-state index contributed by atoms with van der Waals surface area (Å²) in [5, 5.41) is 2.87. The maximum Gasteiger partial charge on any atom is 0.243 e. The van der Waals surface area contributed by atoms with Gasteiger partial charge in [-0.05, 0) is 25.8 Å². The first-order valence-corrected chi connectivity index (χ1v) is 7.25. The van der Waals surface area contributed by atoms with Gasteiger partial charge < -0.3 is 15.0 Å². The van der Waals surface area contributed by atoms with E-state index in [9.17, 15) is 9.59 Å². The topological polar surface area (TPSA) is 71.5 Å². The van der Waals surface area contributed by atoms with Gasteiger partial charge in [-0.2, -0.15) is 0 Å². The van der Waals surface area contributed by atoms with E-state index < -0.39 is 0 Å². The van der Waals surface area contributed by atoms with Crippen molar-refractivity contribution in [1.29, 1.82) is 0 Å². The summed E-state index contributed by atoms with van der Waals surface area (Å²) in [6, 6.07) is 3.33. The summed E-state index contributed by atoms with van der Waals surface area (Å²) < 4.78 is 5.43. The average Bonchev–Trinajstić information content (AvgIpc) is 2.96. The van der Waals surface area contributed by atoms with Crippen molar-refractivity contribution in [2.75, 3.05) is 13.2 Å². The van der Waals surface area contributed by atoms with Crippen molar-refractivity contribution in [3.8, 4) is 5.88 Å². The molecule has 0 bridgehead atoms. The van der Waals surface area contributed by atoms with Crippen LogP contribution in [-0.4, -0.2) is 40.9 Å². The number of hydrogen-bond donors (Lipinski definition) is 1. The van der Waals surface area contributed by atoms with E-state index in [1.165, 1.54) is 6.92 Å². The van der Waals surface area contributed by atoms with Crippen LogP contribution in [0.15, 0.2) is 18.3 Å². The molecule has 0 radical (unpaired) electrons. The highest BCUT2D eigenvalue weighted by Gasteiger charge is 2.32. The number of rotatable bonds is 5. The molecule has 1 aromatic heterocycles. The summed E-state index contributed by atoms with van der Waals surface area (Å²) in [6.07, 6.45) is 3.25. The minimum Gasteiger partial charge on any atom is -0.478 e. The largest absolute Gasteiger partial charge is 0.478 e. The molecular weight excluding hydrogens is 270 g/mol. The lowest BCUT2D eigenvalue weighted by atomic mass is 10.2. The quantitative estimate of drug-likeness (QED) is 0.882. The van der Waals surface area contributed by atoms with Crippen LogP contribution in [0.4, 0.5) is 0 Å². The Labute approximate surface area is 124 Å². The van der Waals surface area contributed by atoms with Crippen molar-refractivity contribution >= 4 is 11.8 Å². The summed E-state index contributed by atoms with van der Waals surface area (Å²) in [7, 11) is 0. The van der Waals surface area contributed by atoms with E-state index in [2.05, 4.69) is 10.3 Å². The highest BCUT2D eigenvalue weighted by molar-refractivity contribution is 5.87. The van der Waals surface area contributed by atoms with Crippen LogP contribution in [0.2, 0.25) is 0 Å². The zero-order chi connectivity index (χ0) is 15.2. The molecular formula is C15H21N3O3. The molecule has 0 aliphatic carbocycles. The fourth-order valence-corrected chi connectivity index (χ4v) is 2.54. The van der Waals surface area contributed by atoms with E-state index in [1.54, 1.807) is 17.2 Å². The Hall–Kier alpha value is -2.11. The maximum absolute atomic E-state index is 12.2. The SMILES string of the molecule is CCOc1ncccc1CNC(=O)[C@H]1CCCN1C(C)=O. The monoisotopic (exact) mass is 291 g/mol. The normalized spacial score (nSPS) is 17.6. The van der Waals surface area contributed by atoms with E-state index in [0.717, 1.165) is 18.4 Å². The van der Waals surface area contributed by atoms with Crippen molar-refractivity contribution in [1.82, 2.24) is 15.2 Å². The summed E-state index contributed by atoms with van der Waals surface area (Å²) in [6.45, 7) is 4.92. The van der Waals surface area contributed by atoms with Crippen molar-refractivity contribution in [3.63, 3.8) is 0 Å². The molecule has 2 amide bonds. The first-order chi connectivity index (χ1) is 10.1. The first kappa shape index (κ1) is 15.3. The summed E-state index contributed by atoms with van der Waals surface area (Å²) in [5.41, 5.74) is 0.833. The molecule has 6 heteroatoms. The lowest BCUT2D eigenvalue weighted by molar-refractivity contribution is -0.136. The van der Waals surface area contributed by atoms with Crippen molar-refractivity contribution in [3.05, 3.63) is 23.9 Å². The molecule has 0 saturated carbocycles. The Morgan fingerprint density at radius 3 is 3.05 bits per heavy atom. The number of aromatic nitrogens is 1. The lowest BCUT2D eigenvalue weighted by Crippen LogP contribution is -2.44. The predicted octanol–water partition coefficient (Wildman–Crippen LogP) is 1.11. The van der Waals surface area contributed by atoms with Crippen molar-refractivity contribution < 1.29 is 14.3 Å². The molecule has 1 saturated heterocycles. The van der Waals surface area contributed by atoms with Crippen LogP contribution in [0.25, 0.3) is 0 Å². The van der Waals surface area contributed by atoms with Crippen LogP contribution in [0.5, 0.6) is 5.88 Å². The molecule has 1 aliphatic heterocycles. The summed E-state index contributed by atoms with van der Waals surface area (Å²) >= 11 is 0. The number of hydrogen-bond acceptors (Lipinski definition) is 4. The molecule has 1 aliphatic rings. The van der Waals surface area contributed by atoms with E-state index in [4.69, 9.17) is 4.74 Å². The molecule has 1 N–H and O–H groups in total. The fourth-order valence-electron chi connectivity index (χ4n) is 2.54. The Morgan fingerprint density at radius 2 is 2.33 bits per heavy atom. The molecule has 1 atom stereocenters. The number of ether oxygens (including phenoxy) is 1. The highest BCUT2D eigenvalue weighted by atomic mass is 16.5. The second kappa shape index (κ2) is 7.06. The average molecular weight is 291 g/mol. The van der Waals surface area contributed by atoms with E-state index in [0.29, 0.717) is 25.6 Å². The molecule has 1 aromatic rings. The predicted molar refractivity (Wildman–Crippen MR) is 77.7 cm³/mol. The van der Waals surface area contributed by atoms with Crippen molar-refractivity contribution in [2.24, 2.45) is 0 Å². The van der Waals surface area contributed by atoms with Gasteiger partial charge >= 0.3 is 0 Å². The van der Waals surface area contributed by atoms with Crippen LogP contribution in [-0.2, 0) is 16.1 Å².